The first-order valence-corrected chi connectivity index (χ1v) is 9.07. The van der Waals surface area contributed by atoms with E-state index in [4.69, 9.17) is 4.74 Å². The Morgan fingerprint density at radius 2 is 2.17 bits per heavy atom. The van der Waals surface area contributed by atoms with Gasteiger partial charge in [-0.25, -0.2) is 4.79 Å². The molecule has 0 saturated carbocycles. The van der Waals surface area contributed by atoms with Crippen molar-refractivity contribution in [3.05, 3.63) is 22.4 Å². The van der Waals surface area contributed by atoms with Crippen LogP contribution in [0, 0.1) is 0 Å². The molecule has 1 aliphatic rings. The maximum absolute atomic E-state index is 12.5. The lowest BCUT2D eigenvalue weighted by atomic mass is 10.0. The van der Waals surface area contributed by atoms with Crippen molar-refractivity contribution in [1.29, 1.82) is 0 Å². The third kappa shape index (κ3) is 5.86. The zero-order chi connectivity index (χ0) is 16.9. The topological polar surface area (TPSA) is 58.6 Å². The van der Waals surface area contributed by atoms with Crippen molar-refractivity contribution in [3.8, 4) is 0 Å². The van der Waals surface area contributed by atoms with E-state index in [0.717, 1.165) is 31.4 Å². The van der Waals surface area contributed by atoms with Crippen molar-refractivity contribution in [2.45, 2.75) is 58.1 Å². The first kappa shape index (κ1) is 17.8. The number of carbonyl (C=O) groups excluding carboxylic acids is 2. The van der Waals surface area contributed by atoms with E-state index in [1.54, 1.807) is 11.3 Å². The van der Waals surface area contributed by atoms with Gasteiger partial charge in [-0.05, 0) is 62.4 Å². The van der Waals surface area contributed by atoms with Gasteiger partial charge in [-0.15, -0.1) is 0 Å². The van der Waals surface area contributed by atoms with Crippen LogP contribution in [-0.2, 0) is 16.0 Å². The second-order valence-corrected chi connectivity index (χ2v) is 7.71. The van der Waals surface area contributed by atoms with Crippen LogP contribution in [0.1, 0.15) is 45.6 Å². The summed E-state index contributed by atoms with van der Waals surface area (Å²) in [5.74, 6) is 0.138. The van der Waals surface area contributed by atoms with E-state index < -0.39 is 11.7 Å². The first-order chi connectivity index (χ1) is 10.8. The molecule has 0 aliphatic carbocycles. The molecule has 1 aromatic heterocycles. The summed E-state index contributed by atoms with van der Waals surface area (Å²) in [6.07, 6.45) is 3.05. The minimum absolute atomic E-state index is 0.0578. The molecule has 0 spiro atoms. The maximum Gasteiger partial charge on any atom is 0.407 e. The highest BCUT2D eigenvalue weighted by Crippen LogP contribution is 2.19. The van der Waals surface area contributed by atoms with Gasteiger partial charge in [0.25, 0.3) is 0 Å². The fourth-order valence-electron chi connectivity index (χ4n) is 2.73. The monoisotopic (exact) mass is 338 g/mol. The number of hydrogen-bond donors (Lipinski definition) is 1. The molecule has 0 aromatic carbocycles. The van der Waals surface area contributed by atoms with Crippen molar-refractivity contribution >= 4 is 23.3 Å². The maximum atomic E-state index is 12.5. The van der Waals surface area contributed by atoms with Gasteiger partial charge in [0.1, 0.15) is 5.60 Å². The van der Waals surface area contributed by atoms with E-state index in [9.17, 15) is 9.59 Å². The molecule has 0 radical (unpaired) electrons. The summed E-state index contributed by atoms with van der Waals surface area (Å²) >= 11 is 1.60. The number of ether oxygens (including phenoxy) is 1. The Bertz CT molecular complexity index is 522. The fraction of sp³-hybridized carbons (Fsp3) is 0.647. The standard InChI is InChI=1S/C17H26N2O3S/c1-17(2,3)22-16(21)18-11-14-6-4-5-8-19(14)15(20)10-13-7-9-23-12-13/h7,9,12,14H,4-6,8,10-11H2,1-3H3,(H,18,21)/t14-/m1/s1. The Morgan fingerprint density at radius 3 is 2.83 bits per heavy atom. The van der Waals surface area contributed by atoms with E-state index in [1.807, 2.05) is 42.5 Å². The molecule has 1 N–H and O–H groups in total. The summed E-state index contributed by atoms with van der Waals surface area (Å²) in [5, 5.41) is 6.80. The van der Waals surface area contributed by atoms with Crippen molar-refractivity contribution in [2.75, 3.05) is 13.1 Å². The molecule has 0 unspecified atom stereocenters. The largest absolute Gasteiger partial charge is 0.444 e. The summed E-state index contributed by atoms with van der Waals surface area (Å²) < 4.78 is 5.26. The Kier molecular flexibility index (Phi) is 6.04. The summed E-state index contributed by atoms with van der Waals surface area (Å²) in [5.41, 5.74) is 0.551. The average Bonchev–Trinajstić information content (AvgIpc) is 2.96. The van der Waals surface area contributed by atoms with Crippen LogP contribution in [0.3, 0.4) is 0 Å². The van der Waals surface area contributed by atoms with E-state index >= 15 is 0 Å². The predicted molar refractivity (Wildman–Crippen MR) is 91.6 cm³/mol. The van der Waals surface area contributed by atoms with Crippen molar-refractivity contribution < 1.29 is 14.3 Å². The summed E-state index contributed by atoms with van der Waals surface area (Å²) in [6.45, 7) is 6.73. The molecule has 1 saturated heterocycles. The molecule has 2 heterocycles. The lowest BCUT2D eigenvalue weighted by molar-refractivity contribution is -0.134. The van der Waals surface area contributed by atoms with Crippen molar-refractivity contribution in [2.24, 2.45) is 0 Å². The zero-order valence-corrected chi connectivity index (χ0v) is 14.9. The molecule has 1 fully saturated rings. The number of carbonyl (C=O) groups is 2. The third-order valence-electron chi connectivity index (χ3n) is 3.76. The quantitative estimate of drug-likeness (QED) is 0.917. The van der Waals surface area contributed by atoms with Crippen LogP contribution < -0.4 is 5.32 Å². The second kappa shape index (κ2) is 7.81. The number of hydrogen-bond acceptors (Lipinski definition) is 4. The summed E-state index contributed by atoms with van der Waals surface area (Å²) in [6, 6.07) is 2.04. The Labute approximate surface area is 142 Å². The van der Waals surface area contributed by atoms with Crippen LogP contribution in [0.2, 0.25) is 0 Å². The number of piperidine rings is 1. The molecule has 1 aliphatic heterocycles. The van der Waals surface area contributed by atoms with Gasteiger partial charge in [0.15, 0.2) is 0 Å². The average molecular weight is 338 g/mol. The van der Waals surface area contributed by atoms with E-state index in [0.29, 0.717) is 13.0 Å². The summed E-state index contributed by atoms with van der Waals surface area (Å²) in [7, 11) is 0. The molecule has 128 valence electrons. The molecule has 2 amide bonds. The van der Waals surface area contributed by atoms with Gasteiger partial charge in [0.2, 0.25) is 5.91 Å². The predicted octanol–water partition coefficient (Wildman–Crippen LogP) is 3.20. The van der Waals surface area contributed by atoms with Crippen LogP contribution in [0.5, 0.6) is 0 Å². The van der Waals surface area contributed by atoms with Gasteiger partial charge in [0.05, 0.1) is 6.42 Å². The molecular weight excluding hydrogens is 312 g/mol. The normalized spacial score (nSPS) is 18.6. The molecule has 0 bridgehead atoms. The highest BCUT2D eigenvalue weighted by Gasteiger charge is 2.27. The van der Waals surface area contributed by atoms with Crippen LogP contribution in [0.4, 0.5) is 4.79 Å². The molecule has 2 rings (SSSR count). The van der Waals surface area contributed by atoms with E-state index in [1.165, 1.54) is 0 Å². The van der Waals surface area contributed by atoms with E-state index in [-0.39, 0.29) is 11.9 Å². The number of nitrogens with one attached hydrogen (secondary N) is 1. The highest BCUT2D eigenvalue weighted by atomic mass is 32.1. The molecule has 5 nitrogen and oxygen atoms in total. The zero-order valence-electron chi connectivity index (χ0n) is 14.1. The molecule has 1 aromatic rings. The van der Waals surface area contributed by atoms with Crippen LogP contribution in [-0.4, -0.2) is 41.6 Å². The molecule has 1 atom stereocenters. The van der Waals surface area contributed by atoms with Crippen LogP contribution in [0.15, 0.2) is 16.8 Å². The van der Waals surface area contributed by atoms with Gasteiger partial charge in [-0.2, -0.15) is 11.3 Å². The number of rotatable bonds is 4. The van der Waals surface area contributed by atoms with Crippen LogP contribution >= 0.6 is 11.3 Å². The van der Waals surface area contributed by atoms with Gasteiger partial charge >= 0.3 is 6.09 Å². The van der Waals surface area contributed by atoms with Gasteiger partial charge in [0, 0.05) is 19.1 Å². The highest BCUT2D eigenvalue weighted by molar-refractivity contribution is 7.07. The Hall–Kier alpha value is -1.56. The minimum atomic E-state index is -0.509. The van der Waals surface area contributed by atoms with E-state index in [2.05, 4.69) is 5.32 Å². The molecule has 6 heteroatoms. The molecular formula is C17H26N2O3S. The Morgan fingerprint density at radius 1 is 1.39 bits per heavy atom. The molecule has 23 heavy (non-hydrogen) atoms. The third-order valence-corrected chi connectivity index (χ3v) is 4.50. The first-order valence-electron chi connectivity index (χ1n) is 8.12. The SMILES string of the molecule is CC(C)(C)OC(=O)NC[C@H]1CCCCN1C(=O)Cc1ccsc1. The van der Waals surface area contributed by atoms with Gasteiger partial charge in [-0.1, -0.05) is 0 Å². The smallest absolute Gasteiger partial charge is 0.407 e. The van der Waals surface area contributed by atoms with Gasteiger partial charge < -0.3 is 15.0 Å². The van der Waals surface area contributed by atoms with Crippen molar-refractivity contribution in [1.82, 2.24) is 10.2 Å². The number of amides is 2. The minimum Gasteiger partial charge on any atom is -0.444 e. The summed E-state index contributed by atoms with van der Waals surface area (Å²) in [4.78, 5) is 26.2. The van der Waals surface area contributed by atoms with Gasteiger partial charge in [-0.3, -0.25) is 4.79 Å². The number of likely N-dealkylation sites (tertiary alicyclic amines) is 1. The number of thiophene rings is 1. The lowest BCUT2D eigenvalue weighted by Crippen LogP contribution is -2.50. The van der Waals surface area contributed by atoms with Crippen LogP contribution in [0.25, 0.3) is 0 Å². The fourth-order valence-corrected chi connectivity index (χ4v) is 3.39. The van der Waals surface area contributed by atoms with Crippen molar-refractivity contribution in [3.63, 3.8) is 0 Å². The Balaban J connectivity index is 1.88. The second-order valence-electron chi connectivity index (χ2n) is 6.93. The number of alkyl carbamates (subject to hydrolysis) is 1. The lowest BCUT2D eigenvalue weighted by Gasteiger charge is -2.36. The number of nitrogens with zero attached hydrogens (tertiary/aromatic N) is 1.